The first-order valence-electron chi connectivity index (χ1n) is 6.29. The minimum atomic E-state index is -1.39. The maximum absolute atomic E-state index is 11.1. The quantitative estimate of drug-likeness (QED) is 0.876. The van der Waals surface area contributed by atoms with Gasteiger partial charge in [-0.25, -0.2) is 4.79 Å². The average Bonchev–Trinajstić information content (AvgIpc) is 2.46. The van der Waals surface area contributed by atoms with Gasteiger partial charge in [-0.2, -0.15) is 0 Å². The Morgan fingerprint density at radius 2 is 1.75 bits per heavy atom. The lowest BCUT2D eigenvalue weighted by atomic mass is 9.93. The lowest BCUT2D eigenvalue weighted by Gasteiger charge is -2.19. The SMILES string of the molecule is CC(N)(C(=O)O)c1ccc(OCc2ccccc2)cc1. The van der Waals surface area contributed by atoms with Gasteiger partial charge in [0, 0.05) is 0 Å². The van der Waals surface area contributed by atoms with Gasteiger partial charge in [-0.05, 0) is 30.2 Å². The van der Waals surface area contributed by atoms with Gasteiger partial charge >= 0.3 is 5.97 Å². The van der Waals surface area contributed by atoms with Gasteiger partial charge in [0.2, 0.25) is 0 Å². The molecule has 4 nitrogen and oxygen atoms in total. The molecule has 0 aliphatic carbocycles. The van der Waals surface area contributed by atoms with Crippen molar-refractivity contribution in [3.8, 4) is 5.75 Å². The summed E-state index contributed by atoms with van der Waals surface area (Å²) in [6.07, 6.45) is 0. The van der Waals surface area contributed by atoms with E-state index in [-0.39, 0.29) is 0 Å². The standard InChI is InChI=1S/C16H17NO3/c1-16(17,15(18)19)13-7-9-14(10-8-13)20-11-12-5-3-2-4-6-12/h2-10H,11,17H2,1H3,(H,18,19). The van der Waals surface area contributed by atoms with Crippen LogP contribution in [0.5, 0.6) is 5.75 Å². The number of nitrogens with two attached hydrogens (primary N) is 1. The molecule has 4 heteroatoms. The Morgan fingerprint density at radius 1 is 1.15 bits per heavy atom. The maximum Gasteiger partial charge on any atom is 0.328 e. The minimum Gasteiger partial charge on any atom is -0.489 e. The monoisotopic (exact) mass is 271 g/mol. The molecule has 2 rings (SSSR count). The summed E-state index contributed by atoms with van der Waals surface area (Å²) in [4.78, 5) is 11.1. The molecule has 1 unspecified atom stereocenters. The largest absolute Gasteiger partial charge is 0.489 e. The molecule has 0 fully saturated rings. The molecule has 0 bridgehead atoms. The van der Waals surface area contributed by atoms with E-state index in [9.17, 15) is 4.79 Å². The fraction of sp³-hybridized carbons (Fsp3) is 0.188. The van der Waals surface area contributed by atoms with Gasteiger partial charge in [0.1, 0.15) is 17.9 Å². The van der Waals surface area contributed by atoms with Crippen LogP contribution >= 0.6 is 0 Å². The molecule has 0 amide bonds. The lowest BCUT2D eigenvalue weighted by molar-refractivity contribution is -0.143. The fourth-order valence-electron chi connectivity index (χ4n) is 1.76. The van der Waals surface area contributed by atoms with Gasteiger partial charge in [-0.3, -0.25) is 0 Å². The molecule has 0 aliphatic heterocycles. The Morgan fingerprint density at radius 3 is 2.30 bits per heavy atom. The van der Waals surface area contributed by atoms with E-state index in [1.807, 2.05) is 30.3 Å². The van der Waals surface area contributed by atoms with Crippen molar-refractivity contribution in [2.24, 2.45) is 5.73 Å². The van der Waals surface area contributed by atoms with E-state index in [0.29, 0.717) is 17.9 Å². The molecule has 0 aliphatic rings. The molecule has 0 saturated heterocycles. The second-order valence-corrected chi connectivity index (χ2v) is 4.81. The van der Waals surface area contributed by atoms with Crippen LogP contribution in [0, 0.1) is 0 Å². The first kappa shape index (κ1) is 14.1. The van der Waals surface area contributed by atoms with Crippen molar-refractivity contribution < 1.29 is 14.6 Å². The Kier molecular flexibility index (Phi) is 4.05. The number of hydrogen-bond acceptors (Lipinski definition) is 3. The van der Waals surface area contributed by atoms with E-state index in [0.717, 1.165) is 5.56 Å². The Labute approximate surface area is 117 Å². The number of benzene rings is 2. The first-order valence-corrected chi connectivity index (χ1v) is 6.29. The number of carboxylic acids is 1. The second kappa shape index (κ2) is 5.75. The highest BCUT2D eigenvalue weighted by Crippen LogP contribution is 2.21. The van der Waals surface area contributed by atoms with Crippen molar-refractivity contribution in [3.05, 3.63) is 65.7 Å². The minimum absolute atomic E-state index is 0.471. The number of carboxylic acid groups (broad SMARTS) is 1. The van der Waals surface area contributed by atoms with Crippen LogP contribution in [0.1, 0.15) is 18.1 Å². The van der Waals surface area contributed by atoms with Gasteiger partial charge in [0.25, 0.3) is 0 Å². The van der Waals surface area contributed by atoms with Gasteiger partial charge < -0.3 is 15.6 Å². The number of rotatable bonds is 5. The third kappa shape index (κ3) is 3.16. The summed E-state index contributed by atoms with van der Waals surface area (Å²) < 4.78 is 5.63. The van der Waals surface area contributed by atoms with Crippen LogP contribution in [0.2, 0.25) is 0 Å². The van der Waals surface area contributed by atoms with Crippen molar-refractivity contribution in [1.82, 2.24) is 0 Å². The van der Waals surface area contributed by atoms with E-state index >= 15 is 0 Å². The lowest BCUT2D eigenvalue weighted by Crippen LogP contribution is -2.41. The highest BCUT2D eigenvalue weighted by Gasteiger charge is 2.29. The molecule has 20 heavy (non-hydrogen) atoms. The normalized spacial score (nSPS) is 13.5. The van der Waals surface area contributed by atoms with Crippen molar-refractivity contribution >= 4 is 5.97 Å². The molecule has 2 aromatic carbocycles. The van der Waals surface area contributed by atoms with Crippen LogP contribution < -0.4 is 10.5 Å². The third-order valence-electron chi connectivity index (χ3n) is 3.15. The van der Waals surface area contributed by atoms with E-state index in [4.69, 9.17) is 15.6 Å². The Bertz CT molecular complexity index is 576. The average molecular weight is 271 g/mol. The number of aliphatic carboxylic acids is 1. The summed E-state index contributed by atoms with van der Waals surface area (Å²) in [5.41, 5.74) is 5.98. The number of carbonyl (C=O) groups is 1. The molecular weight excluding hydrogens is 254 g/mol. The number of ether oxygens (including phenoxy) is 1. The predicted molar refractivity (Wildman–Crippen MR) is 76.4 cm³/mol. The van der Waals surface area contributed by atoms with Gasteiger partial charge in [0.15, 0.2) is 0 Å². The topological polar surface area (TPSA) is 72.6 Å². The highest BCUT2D eigenvalue weighted by atomic mass is 16.5. The Balaban J connectivity index is 2.04. The van der Waals surface area contributed by atoms with Crippen molar-refractivity contribution in [3.63, 3.8) is 0 Å². The van der Waals surface area contributed by atoms with Crippen molar-refractivity contribution in [2.45, 2.75) is 19.1 Å². The molecule has 0 aromatic heterocycles. The Hall–Kier alpha value is -2.33. The summed E-state index contributed by atoms with van der Waals surface area (Å²) in [7, 11) is 0. The molecule has 0 heterocycles. The summed E-state index contributed by atoms with van der Waals surface area (Å²) >= 11 is 0. The third-order valence-corrected chi connectivity index (χ3v) is 3.15. The van der Waals surface area contributed by atoms with Gasteiger partial charge in [0.05, 0.1) is 0 Å². The van der Waals surface area contributed by atoms with Crippen LogP contribution in [-0.4, -0.2) is 11.1 Å². The van der Waals surface area contributed by atoms with Gasteiger partial charge in [-0.15, -0.1) is 0 Å². The fourth-order valence-corrected chi connectivity index (χ4v) is 1.76. The molecule has 0 spiro atoms. The number of hydrogen-bond donors (Lipinski definition) is 2. The second-order valence-electron chi connectivity index (χ2n) is 4.81. The van der Waals surface area contributed by atoms with Crippen LogP contribution in [-0.2, 0) is 16.9 Å². The smallest absolute Gasteiger partial charge is 0.328 e. The van der Waals surface area contributed by atoms with E-state index in [1.165, 1.54) is 6.92 Å². The van der Waals surface area contributed by atoms with Gasteiger partial charge in [-0.1, -0.05) is 42.5 Å². The van der Waals surface area contributed by atoms with Crippen LogP contribution in [0.4, 0.5) is 0 Å². The van der Waals surface area contributed by atoms with Crippen LogP contribution in [0.15, 0.2) is 54.6 Å². The van der Waals surface area contributed by atoms with Crippen molar-refractivity contribution in [1.29, 1.82) is 0 Å². The summed E-state index contributed by atoms with van der Waals surface area (Å²) in [5, 5.41) is 9.06. The van der Waals surface area contributed by atoms with Crippen LogP contribution in [0.3, 0.4) is 0 Å². The summed E-state index contributed by atoms with van der Waals surface area (Å²) in [6.45, 7) is 1.94. The summed E-state index contributed by atoms with van der Waals surface area (Å²) in [6, 6.07) is 16.6. The molecule has 2 aromatic rings. The van der Waals surface area contributed by atoms with E-state index < -0.39 is 11.5 Å². The van der Waals surface area contributed by atoms with Crippen LogP contribution in [0.25, 0.3) is 0 Å². The molecule has 3 N–H and O–H groups in total. The predicted octanol–water partition coefficient (Wildman–Crippen LogP) is 2.52. The van der Waals surface area contributed by atoms with E-state index in [2.05, 4.69) is 0 Å². The van der Waals surface area contributed by atoms with E-state index in [1.54, 1.807) is 24.3 Å². The zero-order valence-electron chi connectivity index (χ0n) is 11.2. The molecule has 1 atom stereocenters. The zero-order valence-corrected chi connectivity index (χ0v) is 11.2. The zero-order chi connectivity index (χ0) is 14.6. The highest BCUT2D eigenvalue weighted by molar-refractivity contribution is 5.79. The molecule has 0 radical (unpaired) electrons. The molecule has 0 saturated carbocycles. The first-order chi connectivity index (χ1) is 9.50. The maximum atomic E-state index is 11.1. The molecule has 104 valence electrons. The van der Waals surface area contributed by atoms with Crippen molar-refractivity contribution in [2.75, 3.05) is 0 Å². The summed E-state index contributed by atoms with van der Waals surface area (Å²) in [5.74, 6) is -0.380. The molecular formula is C16H17NO3.